The molecular weight excluding hydrogens is 683 g/mol. The minimum atomic E-state index is -1.40. The zero-order chi connectivity index (χ0) is 38.8. The van der Waals surface area contributed by atoms with Gasteiger partial charge in [0.2, 0.25) is 0 Å². The van der Waals surface area contributed by atoms with E-state index in [0.29, 0.717) is 34.2 Å². The van der Waals surface area contributed by atoms with Gasteiger partial charge in [0.15, 0.2) is 22.9 Å². The molecule has 0 spiro atoms. The first-order valence-electron chi connectivity index (χ1n) is 17.6. The van der Waals surface area contributed by atoms with Crippen molar-refractivity contribution >= 4 is 47.4 Å². The predicted molar refractivity (Wildman–Crippen MR) is 212 cm³/mol. The molecule has 1 atom stereocenters. The number of ether oxygens (including phenoxy) is 2. The van der Waals surface area contributed by atoms with E-state index in [2.05, 4.69) is 0 Å². The van der Waals surface area contributed by atoms with E-state index in [1.807, 2.05) is 114 Å². The van der Waals surface area contributed by atoms with E-state index in [1.165, 1.54) is 18.2 Å². The lowest BCUT2D eigenvalue weighted by atomic mass is 9.91. The Balaban J connectivity index is 1.33. The molecule has 0 saturated carbocycles. The summed E-state index contributed by atoms with van der Waals surface area (Å²) in [5.74, 6) is -1.68. The number of ketones is 3. The highest BCUT2D eigenvalue weighted by Gasteiger charge is 2.28. The van der Waals surface area contributed by atoms with Crippen LogP contribution in [0, 0.1) is 48.5 Å². The second-order valence-corrected chi connectivity index (χ2v) is 15.3. The van der Waals surface area contributed by atoms with Crippen LogP contribution in [0.25, 0.3) is 0 Å². The molecular formula is C45H47O7P. The molecule has 0 N–H and O–H groups in total. The predicted octanol–water partition coefficient (Wildman–Crippen LogP) is 8.20. The molecule has 7 nitrogen and oxygen atoms in total. The molecule has 4 rings (SSSR count). The van der Waals surface area contributed by atoms with Gasteiger partial charge in [-0.05, 0) is 123 Å². The Morgan fingerprint density at radius 3 is 1.64 bits per heavy atom. The lowest BCUT2D eigenvalue weighted by Crippen LogP contribution is -2.20. The van der Waals surface area contributed by atoms with Gasteiger partial charge in [0, 0.05) is 37.1 Å². The minimum absolute atomic E-state index is 0.0156. The fourth-order valence-electron chi connectivity index (χ4n) is 6.43. The highest BCUT2D eigenvalue weighted by Crippen LogP contribution is 2.40. The maximum atomic E-state index is 14.3. The van der Waals surface area contributed by atoms with Crippen molar-refractivity contribution in [1.29, 1.82) is 0 Å². The normalized spacial score (nSPS) is 12.0. The van der Waals surface area contributed by atoms with Crippen molar-refractivity contribution in [1.82, 2.24) is 0 Å². The fraction of sp³-hybridized carbons (Fsp3) is 0.267. The molecule has 0 aliphatic heterocycles. The topological polar surface area (TPSA) is 104 Å². The van der Waals surface area contributed by atoms with Crippen molar-refractivity contribution in [2.24, 2.45) is 0 Å². The number of rotatable bonds is 16. The number of hydrogen-bond donors (Lipinski definition) is 0. The second-order valence-electron chi connectivity index (χ2n) is 13.2. The minimum Gasteiger partial charge on any atom is -0.462 e. The monoisotopic (exact) mass is 730 g/mol. The Bertz CT molecular complexity index is 2040. The van der Waals surface area contributed by atoms with Crippen molar-refractivity contribution in [2.45, 2.75) is 67.9 Å². The molecule has 0 bridgehead atoms. The quantitative estimate of drug-likeness (QED) is 0.0377. The molecule has 1 unspecified atom stereocenters. The zero-order valence-electron chi connectivity index (χ0n) is 31.7. The molecule has 274 valence electrons. The van der Waals surface area contributed by atoms with Gasteiger partial charge >= 0.3 is 5.97 Å². The first kappa shape index (κ1) is 40.7. The lowest BCUT2D eigenvalue weighted by Gasteiger charge is -2.21. The van der Waals surface area contributed by atoms with Crippen LogP contribution in [-0.4, -0.2) is 48.2 Å². The summed E-state index contributed by atoms with van der Waals surface area (Å²) in [5, 5.41) is 1.84. The van der Waals surface area contributed by atoms with Crippen LogP contribution in [0.2, 0.25) is 0 Å². The highest BCUT2D eigenvalue weighted by molar-refractivity contribution is 7.88. The molecule has 4 aromatic rings. The molecule has 0 heterocycles. The SMILES string of the molecule is Cc1cc(C)c(C(=O)/C=C\C(=O)C(C)OCCCOC(=O)/C=C\C(=O)c2c(C)cc(C)c(C(=O)P(c3ccccc3)c3ccccc3)c2C)c(C)c1C. The van der Waals surface area contributed by atoms with Crippen molar-refractivity contribution in [3.05, 3.63) is 153 Å². The Morgan fingerprint density at radius 2 is 1.08 bits per heavy atom. The van der Waals surface area contributed by atoms with E-state index in [0.717, 1.165) is 44.5 Å². The lowest BCUT2D eigenvalue weighted by molar-refractivity contribution is -0.138. The van der Waals surface area contributed by atoms with Gasteiger partial charge in [-0.1, -0.05) is 72.8 Å². The zero-order valence-corrected chi connectivity index (χ0v) is 32.6. The molecule has 0 aliphatic rings. The smallest absolute Gasteiger partial charge is 0.330 e. The Hall–Kier alpha value is -5.10. The van der Waals surface area contributed by atoms with Gasteiger partial charge in [-0.25, -0.2) is 4.79 Å². The van der Waals surface area contributed by atoms with Crippen LogP contribution in [0.3, 0.4) is 0 Å². The van der Waals surface area contributed by atoms with Crippen LogP contribution in [-0.2, 0) is 19.1 Å². The molecule has 0 aliphatic carbocycles. The molecule has 0 saturated heterocycles. The maximum Gasteiger partial charge on any atom is 0.330 e. The number of hydrogen-bond acceptors (Lipinski definition) is 7. The van der Waals surface area contributed by atoms with E-state index in [4.69, 9.17) is 9.47 Å². The summed E-state index contributed by atoms with van der Waals surface area (Å²) in [6.45, 7) is 15.0. The van der Waals surface area contributed by atoms with E-state index in [1.54, 1.807) is 13.8 Å². The maximum absolute atomic E-state index is 14.3. The van der Waals surface area contributed by atoms with Crippen LogP contribution in [0.15, 0.2) is 97.1 Å². The summed E-state index contributed by atoms with van der Waals surface area (Å²) in [4.78, 5) is 65.7. The first-order chi connectivity index (χ1) is 25.2. The molecule has 8 heteroatoms. The van der Waals surface area contributed by atoms with Crippen molar-refractivity contribution in [3.8, 4) is 0 Å². The van der Waals surface area contributed by atoms with Gasteiger partial charge in [-0.15, -0.1) is 0 Å². The average Bonchev–Trinajstić information content (AvgIpc) is 3.12. The van der Waals surface area contributed by atoms with Crippen molar-refractivity contribution < 1.29 is 33.4 Å². The van der Waals surface area contributed by atoms with E-state index in [-0.39, 0.29) is 30.3 Å². The second kappa shape index (κ2) is 18.6. The van der Waals surface area contributed by atoms with Crippen LogP contribution in [0.5, 0.6) is 0 Å². The highest BCUT2D eigenvalue weighted by atomic mass is 31.1. The van der Waals surface area contributed by atoms with Gasteiger partial charge < -0.3 is 9.47 Å². The third-order valence-corrected chi connectivity index (χ3v) is 11.6. The molecule has 4 aromatic carbocycles. The van der Waals surface area contributed by atoms with Gasteiger partial charge in [0.25, 0.3) is 0 Å². The molecule has 0 amide bonds. The summed E-state index contributed by atoms with van der Waals surface area (Å²) < 4.78 is 10.9. The van der Waals surface area contributed by atoms with E-state index < -0.39 is 25.8 Å². The van der Waals surface area contributed by atoms with Crippen LogP contribution in [0.4, 0.5) is 0 Å². The van der Waals surface area contributed by atoms with Crippen LogP contribution >= 0.6 is 7.92 Å². The van der Waals surface area contributed by atoms with E-state index >= 15 is 0 Å². The van der Waals surface area contributed by atoms with E-state index in [9.17, 15) is 24.0 Å². The van der Waals surface area contributed by atoms with Gasteiger partial charge in [-0.3, -0.25) is 19.2 Å². The molecule has 0 fully saturated rings. The summed E-state index contributed by atoms with van der Waals surface area (Å²) in [6.07, 6.45) is 4.31. The third-order valence-electron chi connectivity index (χ3n) is 9.34. The summed E-state index contributed by atoms with van der Waals surface area (Å²) in [6, 6.07) is 23.2. The Labute approximate surface area is 313 Å². The Kier molecular flexibility index (Phi) is 14.3. The van der Waals surface area contributed by atoms with Gasteiger partial charge in [0.1, 0.15) is 6.10 Å². The number of esters is 1. The van der Waals surface area contributed by atoms with Gasteiger partial charge in [-0.2, -0.15) is 0 Å². The molecule has 0 aromatic heterocycles. The fourth-order valence-corrected chi connectivity index (χ4v) is 8.71. The average molecular weight is 731 g/mol. The number of carbonyl (C=O) groups excluding carboxylic acids is 5. The van der Waals surface area contributed by atoms with Crippen molar-refractivity contribution in [2.75, 3.05) is 13.2 Å². The standard InChI is InChI=1S/C45H47O7P/c1-28-26-29(2)42(33(6)32(28)5)39(47)21-20-38(46)35(8)51-24-15-25-52-41(49)23-22-40(48)43-30(3)27-31(4)44(34(43)7)45(50)53(36-16-11-9-12-17-36)37-18-13-10-14-19-37/h9-14,16-23,26-27,35H,15,24-25H2,1-8H3/b21-20-,23-22-. The summed E-state index contributed by atoms with van der Waals surface area (Å²) in [5.41, 5.74) is 7.44. The largest absolute Gasteiger partial charge is 0.462 e. The third kappa shape index (κ3) is 10.1. The van der Waals surface area contributed by atoms with Crippen LogP contribution < -0.4 is 10.6 Å². The number of benzene rings is 4. The number of carbonyl (C=O) groups is 5. The van der Waals surface area contributed by atoms with Gasteiger partial charge in [0.05, 0.1) is 13.2 Å². The summed E-state index contributed by atoms with van der Waals surface area (Å²) >= 11 is 0. The number of aryl methyl sites for hydroxylation is 4. The van der Waals surface area contributed by atoms with Crippen molar-refractivity contribution in [3.63, 3.8) is 0 Å². The summed E-state index contributed by atoms with van der Waals surface area (Å²) in [7, 11) is -1.40. The Morgan fingerprint density at radius 1 is 0.585 bits per heavy atom. The number of allylic oxidation sites excluding steroid dienone is 2. The van der Waals surface area contributed by atoms with Crippen LogP contribution in [0.1, 0.15) is 83.4 Å². The molecule has 53 heavy (non-hydrogen) atoms. The first-order valence-corrected chi connectivity index (χ1v) is 19.0. The molecule has 0 radical (unpaired) electrons.